The van der Waals surface area contributed by atoms with Gasteiger partial charge in [-0.2, -0.15) is 0 Å². The molecule has 3 rings (SSSR count). The molecule has 21 heavy (non-hydrogen) atoms. The van der Waals surface area contributed by atoms with Gasteiger partial charge in [0.05, 0.1) is 5.25 Å². The molecule has 0 bridgehead atoms. The fraction of sp³-hybridized carbons (Fsp3) is 0.250. The van der Waals surface area contributed by atoms with Crippen molar-refractivity contribution in [3.63, 3.8) is 0 Å². The van der Waals surface area contributed by atoms with E-state index in [1.54, 1.807) is 0 Å². The van der Waals surface area contributed by atoms with Gasteiger partial charge in [0, 0.05) is 16.1 Å². The van der Waals surface area contributed by atoms with Crippen LogP contribution in [0.15, 0.2) is 42.5 Å². The Kier molecular flexibility index (Phi) is 5.82. The molecular weight excluding hydrogens is 325 g/mol. The molecule has 5 heteroatoms. The molecule has 1 atom stereocenters. The number of benzene rings is 2. The summed E-state index contributed by atoms with van der Waals surface area (Å²) < 4.78 is 5.97. The Hall–Kier alpha value is -0.870. The Morgan fingerprint density at radius 1 is 1.10 bits per heavy atom. The van der Waals surface area contributed by atoms with E-state index >= 15 is 0 Å². The number of halogens is 2. The van der Waals surface area contributed by atoms with Crippen LogP contribution in [0.5, 0.6) is 11.5 Å². The summed E-state index contributed by atoms with van der Waals surface area (Å²) in [5.41, 5.74) is 7.96. The van der Waals surface area contributed by atoms with Gasteiger partial charge in [-0.05, 0) is 43.0 Å². The fourth-order valence-electron chi connectivity index (χ4n) is 2.36. The molecule has 2 N–H and O–H groups in total. The molecule has 112 valence electrons. The van der Waals surface area contributed by atoms with Crippen molar-refractivity contribution in [1.82, 2.24) is 0 Å². The second kappa shape index (κ2) is 7.41. The molecule has 2 nitrogen and oxygen atoms in total. The zero-order valence-corrected chi connectivity index (χ0v) is 13.8. The van der Waals surface area contributed by atoms with Gasteiger partial charge in [-0.1, -0.05) is 29.8 Å². The fourth-order valence-corrected chi connectivity index (χ4v) is 3.84. The predicted molar refractivity (Wildman–Crippen MR) is 93.2 cm³/mol. The lowest BCUT2D eigenvalue weighted by molar-refractivity contribution is 0.459. The number of para-hydroxylation sites is 1. The van der Waals surface area contributed by atoms with E-state index in [9.17, 15) is 0 Å². The Morgan fingerprint density at radius 3 is 2.67 bits per heavy atom. The minimum atomic E-state index is 0. The van der Waals surface area contributed by atoms with Crippen LogP contribution in [0.25, 0.3) is 0 Å². The summed E-state index contributed by atoms with van der Waals surface area (Å²) in [5.74, 6) is 2.87. The average molecular weight is 342 g/mol. The molecule has 2 aromatic rings. The van der Waals surface area contributed by atoms with Crippen LogP contribution < -0.4 is 10.5 Å². The largest absolute Gasteiger partial charge is 0.457 e. The van der Waals surface area contributed by atoms with Crippen molar-refractivity contribution in [2.75, 3.05) is 12.3 Å². The molecule has 1 aliphatic rings. The summed E-state index contributed by atoms with van der Waals surface area (Å²) in [6.07, 6.45) is 1.01. The minimum absolute atomic E-state index is 0. The topological polar surface area (TPSA) is 35.2 Å². The predicted octanol–water partition coefficient (Wildman–Crippen LogP) is 5.04. The number of nitrogens with two attached hydrogens (primary N) is 1. The van der Waals surface area contributed by atoms with Crippen LogP contribution in [0.4, 0.5) is 0 Å². The Labute approximate surface area is 140 Å². The molecular formula is C16H17Cl2NOS. The van der Waals surface area contributed by atoms with E-state index in [1.807, 2.05) is 48.2 Å². The van der Waals surface area contributed by atoms with Crippen molar-refractivity contribution in [3.05, 3.63) is 58.6 Å². The van der Waals surface area contributed by atoms with Crippen LogP contribution in [0.2, 0.25) is 5.02 Å². The first kappa shape index (κ1) is 16.5. The molecule has 1 aliphatic heterocycles. The summed E-state index contributed by atoms with van der Waals surface area (Å²) >= 11 is 8.04. The molecule has 1 unspecified atom stereocenters. The molecule has 0 saturated carbocycles. The monoisotopic (exact) mass is 341 g/mol. The van der Waals surface area contributed by atoms with Crippen molar-refractivity contribution in [2.45, 2.75) is 11.7 Å². The number of thioether (sulfide) groups is 1. The minimum Gasteiger partial charge on any atom is -0.457 e. The van der Waals surface area contributed by atoms with Gasteiger partial charge in [0.25, 0.3) is 0 Å². The van der Waals surface area contributed by atoms with E-state index in [4.69, 9.17) is 22.1 Å². The van der Waals surface area contributed by atoms with E-state index in [0.29, 0.717) is 0 Å². The lowest BCUT2D eigenvalue weighted by atomic mass is 10.00. The third kappa shape index (κ3) is 3.49. The Morgan fingerprint density at radius 2 is 1.86 bits per heavy atom. The molecule has 0 amide bonds. The van der Waals surface area contributed by atoms with E-state index in [1.165, 1.54) is 5.56 Å². The number of fused-ring (bicyclic) bond motifs is 2. The first-order valence-electron chi connectivity index (χ1n) is 6.67. The summed E-state index contributed by atoms with van der Waals surface area (Å²) in [5, 5.41) is 1.01. The van der Waals surface area contributed by atoms with Crippen molar-refractivity contribution >= 4 is 35.8 Å². The number of hydrogen-bond acceptors (Lipinski definition) is 3. The molecule has 0 spiro atoms. The van der Waals surface area contributed by atoms with E-state index in [0.717, 1.165) is 40.8 Å². The second-order valence-corrected chi connectivity index (χ2v) is 6.36. The number of hydrogen-bond donors (Lipinski definition) is 1. The number of ether oxygens (including phenoxy) is 1. The Bertz CT molecular complexity index is 621. The zero-order valence-electron chi connectivity index (χ0n) is 11.4. The molecule has 0 saturated heterocycles. The summed E-state index contributed by atoms with van der Waals surface area (Å²) in [4.78, 5) is 0. The quantitative estimate of drug-likeness (QED) is 0.791. The third-order valence-electron chi connectivity index (χ3n) is 3.31. The lowest BCUT2D eigenvalue weighted by Crippen LogP contribution is -2.09. The van der Waals surface area contributed by atoms with Gasteiger partial charge in [-0.3, -0.25) is 0 Å². The standard InChI is InChI=1S/C16H16ClNOS.ClH/c17-11-6-7-15-13(10-11)16(20-9-3-8-18)12-4-1-2-5-14(12)19-15;/h1-2,4-7,10,16H,3,8-9,18H2;1H. The second-order valence-electron chi connectivity index (χ2n) is 4.72. The van der Waals surface area contributed by atoms with E-state index in [2.05, 4.69) is 6.07 Å². The van der Waals surface area contributed by atoms with Gasteiger partial charge in [0.15, 0.2) is 0 Å². The first-order valence-corrected chi connectivity index (χ1v) is 8.10. The summed E-state index contributed by atoms with van der Waals surface area (Å²) in [6, 6.07) is 14.0. The SMILES string of the molecule is Cl.NCCCSC1c2ccccc2Oc2ccc(Cl)cc21. The van der Waals surface area contributed by atoms with Gasteiger partial charge in [-0.15, -0.1) is 24.2 Å². The highest BCUT2D eigenvalue weighted by atomic mass is 35.5. The van der Waals surface area contributed by atoms with Gasteiger partial charge in [0.2, 0.25) is 0 Å². The smallest absolute Gasteiger partial charge is 0.132 e. The highest BCUT2D eigenvalue weighted by Gasteiger charge is 2.27. The van der Waals surface area contributed by atoms with E-state index < -0.39 is 0 Å². The van der Waals surface area contributed by atoms with Crippen LogP contribution in [0.1, 0.15) is 22.8 Å². The van der Waals surface area contributed by atoms with Crippen molar-refractivity contribution < 1.29 is 4.74 Å². The normalized spacial score (nSPS) is 15.4. The average Bonchev–Trinajstić information content (AvgIpc) is 2.47. The molecule has 0 aromatic heterocycles. The number of rotatable bonds is 4. The van der Waals surface area contributed by atoms with Crippen LogP contribution in [0, 0.1) is 0 Å². The maximum Gasteiger partial charge on any atom is 0.132 e. The van der Waals surface area contributed by atoms with Crippen molar-refractivity contribution in [2.24, 2.45) is 5.73 Å². The first-order chi connectivity index (χ1) is 9.79. The van der Waals surface area contributed by atoms with Gasteiger partial charge < -0.3 is 10.5 Å². The lowest BCUT2D eigenvalue weighted by Gasteiger charge is -2.28. The van der Waals surface area contributed by atoms with Gasteiger partial charge >= 0.3 is 0 Å². The van der Waals surface area contributed by atoms with Gasteiger partial charge in [-0.25, -0.2) is 0 Å². The zero-order chi connectivity index (χ0) is 13.9. The molecule has 0 aliphatic carbocycles. The highest BCUT2D eigenvalue weighted by Crippen LogP contribution is 2.49. The molecule has 2 aromatic carbocycles. The Balaban J connectivity index is 0.00000161. The van der Waals surface area contributed by atoms with Crippen LogP contribution >= 0.6 is 35.8 Å². The van der Waals surface area contributed by atoms with Crippen molar-refractivity contribution in [1.29, 1.82) is 0 Å². The van der Waals surface area contributed by atoms with Crippen molar-refractivity contribution in [3.8, 4) is 11.5 Å². The van der Waals surface area contributed by atoms with Gasteiger partial charge in [0.1, 0.15) is 11.5 Å². The molecule has 1 heterocycles. The third-order valence-corrected chi connectivity index (χ3v) is 4.91. The maximum absolute atomic E-state index is 6.15. The summed E-state index contributed by atoms with van der Waals surface area (Å²) in [6.45, 7) is 0.722. The van der Waals surface area contributed by atoms with E-state index in [-0.39, 0.29) is 17.7 Å². The maximum atomic E-state index is 6.15. The van der Waals surface area contributed by atoms with Crippen LogP contribution in [0.3, 0.4) is 0 Å². The molecule has 0 fully saturated rings. The molecule has 0 radical (unpaired) electrons. The van der Waals surface area contributed by atoms with Crippen LogP contribution in [-0.2, 0) is 0 Å². The summed E-state index contributed by atoms with van der Waals surface area (Å²) in [7, 11) is 0. The highest BCUT2D eigenvalue weighted by molar-refractivity contribution is 7.99. The van der Waals surface area contributed by atoms with Crippen LogP contribution in [-0.4, -0.2) is 12.3 Å².